The van der Waals surface area contributed by atoms with E-state index in [1.807, 2.05) is 36.4 Å². The van der Waals surface area contributed by atoms with E-state index in [4.69, 9.17) is 10.5 Å². The van der Waals surface area contributed by atoms with Crippen LogP contribution in [0.3, 0.4) is 0 Å². The van der Waals surface area contributed by atoms with Crippen molar-refractivity contribution in [3.05, 3.63) is 102 Å². The van der Waals surface area contributed by atoms with E-state index in [1.165, 1.54) is 16.7 Å². The Morgan fingerprint density at radius 2 is 1.29 bits per heavy atom. The molecule has 2 heteroatoms. The maximum Gasteiger partial charge on any atom is 0.122 e. The van der Waals surface area contributed by atoms with Crippen LogP contribution < -0.4 is 10.5 Å². The van der Waals surface area contributed by atoms with Crippen molar-refractivity contribution < 1.29 is 4.74 Å². The van der Waals surface area contributed by atoms with Crippen LogP contribution in [0, 0.1) is 0 Å². The highest BCUT2D eigenvalue weighted by atomic mass is 16.5. The molecule has 0 heterocycles. The van der Waals surface area contributed by atoms with E-state index in [9.17, 15) is 0 Å². The molecule has 0 aliphatic carbocycles. The van der Waals surface area contributed by atoms with Crippen molar-refractivity contribution in [3.8, 4) is 5.75 Å². The zero-order chi connectivity index (χ0) is 16.6. The fraction of sp³-hybridized carbons (Fsp3) is 0.182. The van der Waals surface area contributed by atoms with Crippen LogP contribution >= 0.6 is 0 Å². The van der Waals surface area contributed by atoms with Crippen molar-refractivity contribution in [2.45, 2.75) is 18.9 Å². The van der Waals surface area contributed by atoms with Crippen molar-refractivity contribution in [2.75, 3.05) is 6.61 Å². The van der Waals surface area contributed by atoms with Gasteiger partial charge in [0.25, 0.3) is 0 Å². The third-order valence-corrected chi connectivity index (χ3v) is 4.00. The highest BCUT2D eigenvalue weighted by Crippen LogP contribution is 2.21. The third kappa shape index (κ3) is 4.71. The highest BCUT2D eigenvalue weighted by Gasteiger charge is 2.08. The molecule has 2 nitrogen and oxygen atoms in total. The van der Waals surface area contributed by atoms with Gasteiger partial charge in [0.05, 0.1) is 0 Å². The average molecular weight is 317 g/mol. The lowest BCUT2D eigenvalue weighted by Gasteiger charge is -2.16. The Morgan fingerprint density at radius 1 is 0.708 bits per heavy atom. The van der Waals surface area contributed by atoms with Gasteiger partial charge < -0.3 is 10.5 Å². The maximum absolute atomic E-state index is 6.23. The maximum atomic E-state index is 6.23. The van der Waals surface area contributed by atoms with Gasteiger partial charge in [-0.05, 0) is 29.2 Å². The summed E-state index contributed by atoms with van der Waals surface area (Å²) in [6.07, 6.45) is 1.69. The van der Waals surface area contributed by atoms with Gasteiger partial charge in [-0.15, -0.1) is 0 Å². The molecule has 0 amide bonds. The molecule has 0 aliphatic heterocycles. The minimum atomic E-state index is -0.0165. The predicted octanol–water partition coefficient (Wildman–Crippen LogP) is 4.23. The molecule has 3 aromatic rings. The molecule has 0 aromatic heterocycles. The first kappa shape index (κ1) is 16.3. The predicted molar refractivity (Wildman–Crippen MR) is 99.3 cm³/mol. The summed E-state index contributed by atoms with van der Waals surface area (Å²) < 4.78 is 6.02. The van der Waals surface area contributed by atoms with Crippen molar-refractivity contribution >= 4 is 0 Å². The Kier molecular flexibility index (Phi) is 5.65. The summed E-state index contributed by atoms with van der Waals surface area (Å²) >= 11 is 0. The summed E-state index contributed by atoms with van der Waals surface area (Å²) in [7, 11) is 0. The van der Waals surface area contributed by atoms with Gasteiger partial charge in [-0.2, -0.15) is 0 Å². The van der Waals surface area contributed by atoms with Gasteiger partial charge in [0, 0.05) is 12.5 Å². The van der Waals surface area contributed by atoms with Gasteiger partial charge >= 0.3 is 0 Å². The summed E-state index contributed by atoms with van der Waals surface area (Å²) in [5, 5.41) is 0. The van der Waals surface area contributed by atoms with Crippen LogP contribution in [0.15, 0.2) is 84.9 Å². The first-order chi connectivity index (χ1) is 11.8. The van der Waals surface area contributed by atoms with E-state index in [1.54, 1.807) is 0 Å². The molecule has 1 atom stereocenters. The standard InChI is InChI=1S/C22H23NO/c23-21(16-19-11-5-2-6-12-19)17-24-22-14-8-7-13-20(22)15-18-9-3-1-4-10-18/h1-14,21H,15-17,23H2. The van der Waals surface area contributed by atoms with Gasteiger partial charge in [-0.1, -0.05) is 78.9 Å². The Balaban J connectivity index is 1.61. The summed E-state index contributed by atoms with van der Waals surface area (Å²) in [6.45, 7) is 0.515. The van der Waals surface area contributed by atoms with Crippen LogP contribution in [0.2, 0.25) is 0 Å². The molecular weight excluding hydrogens is 294 g/mol. The van der Waals surface area contributed by atoms with Gasteiger partial charge in [-0.3, -0.25) is 0 Å². The molecule has 0 bridgehead atoms. The van der Waals surface area contributed by atoms with Gasteiger partial charge in [0.1, 0.15) is 12.4 Å². The van der Waals surface area contributed by atoms with E-state index >= 15 is 0 Å². The largest absolute Gasteiger partial charge is 0.492 e. The molecule has 0 aliphatic rings. The number of para-hydroxylation sites is 1. The molecule has 3 rings (SSSR count). The van der Waals surface area contributed by atoms with E-state index in [2.05, 4.69) is 48.5 Å². The number of hydrogen-bond acceptors (Lipinski definition) is 2. The van der Waals surface area contributed by atoms with Crippen molar-refractivity contribution in [2.24, 2.45) is 5.73 Å². The number of nitrogens with two attached hydrogens (primary N) is 1. The van der Waals surface area contributed by atoms with E-state index in [0.717, 1.165) is 18.6 Å². The molecule has 1 unspecified atom stereocenters. The topological polar surface area (TPSA) is 35.2 Å². The van der Waals surface area contributed by atoms with Gasteiger partial charge in [0.2, 0.25) is 0 Å². The van der Waals surface area contributed by atoms with Crippen LogP contribution in [0.1, 0.15) is 16.7 Å². The third-order valence-electron chi connectivity index (χ3n) is 4.00. The first-order valence-electron chi connectivity index (χ1n) is 8.35. The van der Waals surface area contributed by atoms with E-state index in [-0.39, 0.29) is 6.04 Å². The van der Waals surface area contributed by atoms with E-state index in [0.29, 0.717) is 6.61 Å². The van der Waals surface area contributed by atoms with Crippen molar-refractivity contribution in [3.63, 3.8) is 0 Å². The minimum absolute atomic E-state index is 0.0165. The normalized spacial score (nSPS) is 11.9. The molecule has 122 valence electrons. The van der Waals surface area contributed by atoms with E-state index < -0.39 is 0 Å². The second kappa shape index (κ2) is 8.32. The van der Waals surface area contributed by atoms with Crippen molar-refractivity contribution in [1.82, 2.24) is 0 Å². The second-order valence-corrected chi connectivity index (χ2v) is 6.03. The minimum Gasteiger partial charge on any atom is -0.492 e. The molecular formula is C22H23NO. The zero-order valence-electron chi connectivity index (χ0n) is 13.8. The van der Waals surface area contributed by atoms with Crippen LogP contribution in [0.5, 0.6) is 5.75 Å². The monoisotopic (exact) mass is 317 g/mol. The lowest BCUT2D eigenvalue weighted by molar-refractivity contribution is 0.285. The summed E-state index contributed by atoms with van der Waals surface area (Å²) in [5.74, 6) is 0.921. The Labute approximate surface area is 143 Å². The molecule has 24 heavy (non-hydrogen) atoms. The average Bonchev–Trinajstić information content (AvgIpc) is 2.63. The Hall–Kier alpha value is -2.58. The lowest BCUT2D eigenvalue weighted by atomic mass is 10.0. The molecule has 0 saturated carbocycles. The molecule has 0 radical (unpaired) electrons. The summed E-state index contributed by atoms with van der Waals surface area (Å²) in [6, 6.07) is 28.9. The fourth-order valence-corrected chi connectivity index (χ4v) is 2.78. The summed E-state index contributed by atoms with van der Waals surface area (Å²) in [4.78, 5) is 0. The van der Waals surface area contributed by atoms with Crippen LogP contribution in [0.4, 0.5) is 0 Å². The Morgan fingerprint density at radius 3 is 2.00 bits per heavy atom. The Bertz CT molecular complexity index is 740. The molecule has 0 spiro atoms. The second-order valence-electron chi connectivity index (χ2n) is 6.03. The number of ether oxygens (including phenoxy) is 1. The van der Waals surface area contributed by atoms with Crippen LogP contribution in [-0.2, 0) is 12.8 Å². The molecule has 0 fully saturated rings. The zero-order valence-corrected chi connectivity index (χ0v) is 13.8. The van der Waals surface area contributed by atoms with Crippen molar-refractivity contribution in [1.29, 1.82) is 0 Å². The van der Waals surface area contributed by atoms with Gasteiger partial charge in [-0.25, -0.2) is 0 Å². The quantitative estimate of drug-likeness (QED) is 0.708. The number of rotatable bonds is 7. The SMILES string of the molecule is NC(COc1ccccc1Cc1ccccc1)Cc1ccccc1. The highest BCUT2D eigenvalue weighted by molar-refractivity contribution is 5.37. The number of benzene rings is 3. The van der Waals surface area contributed by atoms with Crippen LogP contribution in [-0.4, -0.2) is 12.6 Å². The lowest BCUT2D eigenvalue weighted by Crippen LogP contribution is -2.30. The van der Waals surface area contributed by atoms with Gasteiger partial charge in [0.15, 0.2) is 0 Å². The number of hydrogen-bond donors (Lipinski definition) is 1. The molecule has 0 saturated heterocycles. The first-order valence-corrected chi connectivity index (χ1v) is 8.35. The molecule has 3 aromatic carbocycles. The fourth-order valence-electron chi connectivity index (χ4n) is 2.78. The summed E-state index contributed by atoms with van der Waals surface area (Å²) in [5.41, 5.74) is 9.94. The molecule has 2 N–H and O–H groups in total. The smallest absolute Gasteiger partial charge is 0.122 e. The van der Waals surface area contributed by atoms with Crippen LogP contribution in [0.25, 0.3) is 0 Å².